The number of benzene rings is 2. The molecule has 0 atom stereocenters. The number of carbonyl (C=O) groups is 2. The fourth-order valence-electron chi connectivity index (χ4n) is 3.39. The van der Waals surface area contributed by atoms with Gasteiger partial charge in [-0.05, 0) is 0 Å². The quantitative estimate of drug-likeness (QED) is 0.316. The van der Waals surface area contributed by atoms with Gasteiger partial charge in [0, 0.05) is 0 Å². The van der Waals surface area contributed by atoms with E-state index >= 15 is 0 Å². The van der Waals surface area contributed by atoms with Crippen molar-refractivity contribution in [1.29, 1.82) is 0 Å². The molecular formula is C22H26Cl2O2Sn. The summed E-state index contributed by atoms with van der Waals surface area (Å²) in [6.45, 7) is 4.21. The third kappa shape index (κ3) is 5.58. The van der Waals surface area contributed by atoms with Crippen LogP contribution in [0.3, 0.4) is 0 Å². The van der Waals surface area contributed by atoms with Crippen molar-refractivity contribution in [3.8, 4) is 0 Å². The number of hydrogen-bond donors (Lipinski definition) is 0. The average Bonchev–Trinajstić information content (AvgIpc) is 2.69. The van der Waals surface area contributed by atoms with Crippen LogP contribution in [0, 0.1) is 0 Å². The summed E-state index contributed by atoms with van der Waals surface area (Å²) >= 11 is 8.11. The van der Waals surface area contributed by atoms with Gasteiger partial charge in [-0.3, -0.25) is 0 Å². The second-order valence-electron chi connectivity index (χ2n) is 6.96. The molecule has 0 saturated carbocycles. The molecule has 2 aromatic carbocycles. The second kappa shape index (κ2) is 10.6. The molecule has 144 valence electrons. The number of hydrogen-bond acceptors (Lipinski definition) is 2. The Bertz CT molecular complexity index is 702. The standard InChI is InChI=1S/2C7H4ClO.2C4H9.Sn/c2*8-7-3-1-6(5-9)2-4-7;2*1-3-4-2;/h2*1-4H;2*1,3-4H2,2H3;. The molecule has 0 aliphatic carbocycles. The Kier molecular flexibility index (Phi) is 8.84. The first-order valence-electron chi connectivity index (χ1n) is 9.55. The van der Waals surface area contributed by atoms with Crippen molar-refractivity contribution in [2.45, 2.75) is 48.4 Å². The molecule has 0 radical (unpaired) electrons. The Morgan fingerprint density at radius 3 is 1.33 bits per heavy atom. The van der Waals surface area contributed by atoms with Crippen LogP contribution in [-0.4, -0.2) is 26.0 Å². The van der Waals surface area contributed by atoms with Crippen molar-refractivity contribution >= 4 is 49.2 Å². The van der Waals surface area contributed by atoms with Crippen molar-refractivity contribution in [2.75, 3.05) is 0 Å². The van der Waals surface area contributed by atoms with E-state index in [0.29, 0.717) is 21.2 Å². The Balaban J connectivity index is 2.52. The molecule has 0 saturated heterocycles. The van der Waals surface area contributed by atoms with Crippen LogP contribution in [0.5, 0.6) is 0 Å². The van der Waals surface area contributed by atoms with Crippen molar-refractivity contribution in [3.05, 3.63) is 69.7 Å². The van der Waals surface area contributed by atoms with Gasteiger partial charge in [-0.2, -0.15) is 0 Å². The van der Waals surface area contributed by atoms with Crippen LogP contribution in [0.25, 0.3) is 0 Å². The van der Waals surface area contributed by atoms with Crippen molar-refractivity contribution < 1.29 is 9.59 Å². The molecule has 0 N–H and O–H groups in total. The van der Waals surface area contributed by atoms with Crippen LogP contribution in [0.4, 0.5) is 0 Å². The van der Waals surface area contributed by atoms with E-state index in [-0.39, 0.29) is 7.60 Å². The SMILES string of the molecule is CCC[CH2][Sn]([CH2]CCC)([C](=O)c1ccc(Cl)cc1)[C](=O)c1ccc(Cl)cc1. The summed E-state index contributed by atoms with van der Waals surface area (Å²) in [5, 5.41) is 1.19. The predicted octanol–water partition coefficient (Wildman–Crippen LogP) is 7.19. The van der Waals surface area contributed by atoms with Gasteiger partial charge in [0.25, 0.3) is 0 Å². The molecule has 2 aromatic rings. The van der Waals surface area contributed by atoms with Crippen LogP contribution in [0.2, 0.25) is 18.9 Å². The summed E-state index contributed by atoms with van der Waals surface area (Å²) < 4.78 is 1.72. The van der Waals surface area contributed by atoms with Crippen LogP contribution < -0.4 is 0 Å². The zero-order valence-corrected chi connectivity index (χ0v) is 20.3. The topological polar surface area (TPSA) is 34.1 Å². The average molecular weight is 512 g/mol. The summed E-state index contributed by atoms with van der Waals surface area (Å²) in [5.41, 5.74) is 1.26. The molecule has 0 aromatic heterocycles. The normalized spacial score (nSPS) is 11.4. The maximum atomic E-state index is 13.7. The van der Waals surface area contributed by atoms with E-state index in [2.05, 4.69) is 13.8 Å². The van der Waals surface area contributed by atoms with E-state index in [4.69, 9.17) is 23.2 Å². The molecule has 2 rings (SSSR count). The van der Waals surface area contributed by atoms with Gasteiger partial charge in [0.1, 0.15) is 0 Å². The summed E-state index contributed by atoms with van der Waals surface area (Å²) in [7, 11) is 0. The molecule has 0 spiro atoms. The minimum absolute atomic E-state index is 0.0998. The zero-order valence-electron chi connectivity index (χ0n) is 15.9. The molecule has 0 unspecified atom stereocenters. The maximum absolute atomic E-state index is 13.7. The molecule has 27 heavy (non-hydrogen) atoms. The first kappa shape index (κ1) is 22.4. The number of rotatable bonds is 10. The molecule has 5 heteroatoms. The number of unbranched alkanes of at least 4 members (excludes halogenated alkanes) is 2. The summed E-state index contributed by atoms with van der Waals surface area (Å²) in [4.78, 5) is 27.3. The molecule has 0 heterocycles. The van der Waals surface area contributed by atoms with Crippen LogP contribution >= 0.6 is 23.2 Å². The van der Waals surface area contributed by atoms with Gasteiger partial charge in [0.05, 0.1) is 0 Å². The summed E-state index contributed by atoms with van der Waals surface area (Å²) in [5.74, 6) is 0. The Morgan fingerprint density at radius 2 is 1.04 bits per heavy atom. The van der Waals surface area contributed by atoms with Gasteiger partial charge < -0.3 is 0 Å². The number of carbonyl (C=O) groups excluding carboxylic acids is 2. The van der Waals surface area contributed by atoms with E-state index in [1.165, 1.54) is 0 Å². The summed E-state index contributed by atoms with van der Waals surface area (Å²) in [6, 6.07) is 14.0. The molecule has 0 bridgehead atoms. The number of halogens is 2. The van der Waals surface area contributed by atoms with Crippen molar-refractivity contribution in [1.82, 2.24) is 0 Å². The second-order valence-corrected chi connectivity index (χ2v) is 19.5. The first-order chi connectivity index (χ1) is 12.9. The van der Waals surface area contributed by atoms with Gasteiger partial charge in [-0.25, -0.2) is 0 Å². The molecule has 0 fully saturated rings. The van der Waals surface area contributed by atoms with Gasteiger partial charge in [0.2, 0.25) is 0 Å². The molecule has 0 amide bonds. The van der Waals surface area contributed by atoms with Crippen molar-refractivity contribution in [3.63, 3.8) is 0 Å². The van der Waals surface area contributed by atoms with Crippen molar-refractivity contribution in [2.24, 2.45) is 0 Å². The first-order valence-corrected chi connectivity index (χ1v) is 17.2. The third-order valence-electron chi connectivity index (χ3n) is 5.00. The van der Waals surface area contributed by atoms with Gasteiger partial charge in [-0.15, -0.1) is 0 Å². The van der Waals surface area contributed by atoms with E-state index in [0.717, 1.165) is 34.6 Å². The van der Waals surface area contributed by atoms with E-state index < -0.39 is 18.4 Å². The zero-order chi connectivity index (χ0) is 19.9. The van der Waals surface area contributed by atoms with Gasteiger partial charge in [0.15, 0.2) is 0 Å². The Hall–Kier alpha value is -0.841. The van der Waals surface area contributed by atoms with Crippen LogP contribution in [0.15, 0.2) is 48.5 Å². The van der Waals surface area contributed by atoms with E-state index in [9.17, 15) is 9.59 Å². The van der Waals surface area contributed by atoms with Crippen LogP contribution in [-0.2, 0) is 0 Å². The van der Waals surface area contributed by atoms with Gasteiger partial charge >= 0.3 is 177 Å². The van der Waals surface area contributed by atoms with E-state index in [1.54, 1.807) is 48.5 Å². The van der Waals surface area contributed by atoms with Gasteiger partial charge in [-0.1, -0.05) is 0 Å². The Labute approximate surface area is 176 Å². The molecule has 0 aliphatic rings. The Morgan fingerprint density at radius 1 is 0.704 bits per heavy atom. The molecular weight excluding hydrogens is 486 g/mol. The molecule has 0 aliphatic heterocycles. The molecule has 2 nitrogen and oxygen atoms in total. The fraction of sp³-hybridized carbons (Fsp3) is 0.364. The van der Waals surface area contributed by atoms with E-state index in [1.807, 2.05) is 0 Å². The summed E-state index contributed by atoms with van der Waals surface area (Å²) in [6.07, 6.45) is 3.79. The van der Waals surface area contributed by atoms with Crippen LogP contribution in [0.1, 0.15) is 60.2 Å². The predicted molar refractivity (Wildman–Crippen MR) is 117 cm³/mol. The third-order valence-corrected chi connectivity index (χ3v) is 19.0. The minimum atomic E-state index is -3.89. The monoisotopic (exact) mass is 512 g/mol. The fourth-order valence-corrected chi connectivity index (χ4v) is 17.1.